The van der Waals surface area contributed by atoms with Crippen molar-refractivity contribution in [2.75, 3.05) is 13.1 Å². The Hall–Kier alpha value is -3.48. The van der Waals surface area contributed by atoms with E-state index in [1.54, 1.807) is 47.4 Å². The minimum Gasteiger partial charge on any atom is -0.478 e. The number of para-hydroxylation sites is 2. The Bertz CT molecular complexity index is 1120. The number of hydrogen-bond donors (Lipinski definition) is 2. The zero-order valence-electron chi connectivity index (χ0n) is 15.1. The number of carboxylic acid groups (broad SMARTS) is 1. The molecule has 1 amide bonds. The number of aromatic amines is 1. The van der Waals surface area contributed by atoms with Gasteiger partial charge in [-0.05, 0) is 42.7 Å². The number of carbonyl (C=O) groups excluding carboxylic acids is 1. The van der Waals surface area contributed by atoms with Gasteiger partial charge >= 0.3 is 5.97 Å². The lowest BCUT2D eigenvalue weighted by atomic mass is 9.89. The van der Waals surface area contributed by atoms with Crippen molar-refractivity contribution in [3.05, 3.63) is 75.7 Å². The number of fused-ring (bicyclic) bond motifs is 1. The van der Waals surface area contributed by atoms with Crippen LogP contribution in [0.5, 0.6) is 0 Å². The van der Waals surface area contributed by atoms with E-state index in [1.165, 1.54) is 0 Å². The average molecular weight is 377 g/mol. The first-order chi connectivity index (χ1) is 13.5. The Labute approximate surface area is 160 Å². The summed E-state index contributed by atoms with van der Waals surface area (Å²) in [6.07, 6.45) is 1.63. The SMILES string of the molecule is O=C(O)c1cccc(C2CCCN(C(=O)c3nc4ccccc4[nH]c3=O)C2)c1. The molecule has 0 spiro atoms. The molecule has 3 aromatic rings. The maximum absolute atomic E-state index is 13.0. The highest BCUT2D eigenvalue weighted by Crippen LogP contribution is 2.28. The number of nitrogens with one attached hydrogen (secondary N) is 1. The number of aromatic carboxylic acids is 1. The Kier molecular flexibility index (Phi) is 4.65. The molecule has 0 radical (unpaired) electrons. The van der Waals surface area contributed by atoms with Crippen LogP contribution in [0.4, 0.5) is 0 Å². The largest absolute Gasteiger partial charge is 0.478 e. The molecule has 7 heteroatoms. The summed E-state index contributed by atoms with van der Waals surface area (Å²) in [4.78, 5) is 45.2. The standard InChI is InChI=1S/C21H19N3O4/c25-19-18(22-16-8-1-2-9-17(16)23-19)20(26)24-10-4-7-15(12-24)13-5-3-6-14(11-13)21(27)28/h1-3,5-6,8-9,11,15H,4,7,10,12H2,(H,23,25)(H,27,28). The van der Waals surface area contributed by atoms with Crippen LogP contribution in [-0.4, -0.2) is 44.9 Å². The number of hydrogen-bond acceptors (Lipinski definition) is 4. The highest BCUT2D eigenvalue weighted by atomic mass is 16.4. The lowest BCUT2D eigenvalue weighted by Crippen LogP contribution is -2.41. The van der Waals surface area contributed by atoms with Gasteiger partial charge in [0.05, 0.1) is 16.6 Å². The molecule has 7 nitrogen and oxygen atoms in total. The monoisotopic (exact) mass is 377 g/mol. The zero-order valence-corrected chi connectivity index (χ0v) is 15.1. The van der Waals surface area contributed by atoms with Gasteiger partial charge in [-0.1, -0.05) is 24.3 Å². The van der Waals surface area contributed by atoms with Crippen molar-refractivity contribution >= 4 is 22.9 Å². The predicted octanol–water partition coefficient (Wildman–Crippen LogP) is 2.64. The lowest BCUT2D eigenvalue weighted by molar-refractivity contribution is 0.0685. The second kappa shape index (κ2) is 7.26. The molecule has 4 rings (SSSR count). The molecule has 0 aliphatic carbocycles. The van der Waals surface area contributed by atoms with Crippen LogP contribution < -0.4 is 5.56 Å². The summed E-state index contributed by atoms with van der Waals surface area (Å²) < 4.78 is 0. The number of likely N-dealkylation sites (tertiary alicyclic amines) is 1. The van der Waals surface area contributed by atoms with E-state index in [2.05, 4.69) is 9.97 Å². The number of carboxylic acids is 1. The Morgan fingerprint density at radius 1 is 1.14 bits per heavy atom. The molecule has 142 valence electrons. The van der Waals surface area contributed by atoms with Crippen LogP contribution in [0.2, 0.25) is 0 Å². The molecule has 2 N–H and O–H groups in total. The van der Waals surface area contributed by atoms with Crippen LogP contribution in [0, 0.1) is 0 Å². The summed E-state index contributed by atoms with van der Waals surface area (Å²) in [5, 5.41) is 9.20. The molecule has 0 bridgehead atoms. The number of nitrogens with zero attached hydrogens (tertiary/aromatic N) is 2. The van der Waals surface area contributed by atoms with Crippen molar-refractivity contribution < 1.29 is 14.7 Å². The smallest absolute Gasteiger partial charge is 0.335 e. The minimum atomic E-state index is -0.975. The fourth-order valence-corrected chi connectivity index (χ4v) is 3.68. The maximum Gasteiger partial charge on any atom is 0.335 e. The van der Waals surface area contributed by atoms with Gasteiger partial charge in [0.15, 0.2) is 5.69 Å². The first-order valence-corrected chi connectivity index (χ1v) is 9.14. The van der Waals surface area contributed by atoms with Crippen LogP contribution in [0.3, 0.4) is 0 Å². The van der Waals surface area contributed by atoms with Crippen LogP contribution in [-0.2, 0) is 0 Å². The Morgan fingerprint density at radius 2 is 1.96 bits per heavy atom. The maximum atomic E-state index is 13.0. The van der Waals surface area contributed by atoms with Crippen molar-refractivity contribution in [1.82, 2.24) is 14.9 Å². The molecule has 1 aliphatic rings. The number of rotatable bonds is 3. The van der Waals surface area contributed by atoms with E-state index in [9.17, 15) is 19.5 Å². The molecule has 1 fully saturated rings. The van der Waals surface area contributed by atoms with Crippen molar-refractivity contribution in [2.24, 2.45) is 0 Å². The molecule has 1 aliphatic heterocycles. The van der Waals surface area contributed by atoms with E-state index >= 15 is 0 Å². The first kappa shape index (κ1) is 17.9. The van der Waals surface area contributed by atoms with Crippen LogP contribution in [0.15, 0.2) is 53.3 Å². The van der Waals surface area contributed by atoms with Crippen molar-refractivity contribution in [2.45, 2.75) is 18.8 Å². The molecule has 1 saturated heterocycles. The molecule has 1 atom stereocenters. The normalized spacial score (nSPS) is 16.9. The third kappa shape index (κ3) is 3.38. The number of amides is 1. The molecule has 1 unspecified atom stereocenters. The van der Waals surface area contributed by atoms with Crippen molar-refractivity contribution in [3.8, 4) is 0 Å². The summed E-state index contributed by atoms with van der Waals surface area (Å²) >= 11 is 0. The van der Waals surface area contributed by atoms with E-state index in [0.717, 1.165) is 18.4 Å². The van der Waals surface area contributed by atoms with E-state index < -0.39 is 17.4 Å². The fourth-order valence-electron chi connectivity index (χ4n) is 3.68. The molecule has 0 saturated carbocycles. The van der Waals surface area contributed by atoms with Gasteiger partial charge in [-0.15, -0.1) is 0 Å². The highest BCUT2D eigenvalue weighted by molar-refractivity contribution is 5.94. The van der Waals surface area contributed by atoms with Gasteiger partial charge in [-0.2, -0.15) is 0 Å². The number of carbonyl (C=O) groups is 2. The summed E-state index contributed by atoms with van der Waals surface area (Å²) in [7, 11) is 0. The third-order valence-corrected chi connectivity index (χ3v) is 5.12. The minimum absolute atomic E-state index is 0.0246. The van der Waals surface area contributed by atoms with Gasteiger partial charge in [0.2, 0.25) is 0 Å². The highest BCUT2D eigenvalue weighted by Gasteiger charge is 2.28. The summed E-state index contributed by atoms with van der Waals surface area (Å²) in [6.45, 7) is 0.970. The third-order valence-electron chi connectivity index (χ3n) is 5.12. The van der Waals surface area contributed by atoms with Gasteiger partial charge < -0.3 is 15.0 Å². The number of aromatic nitrogens is 2. The summed E-state index contributed by atoms with van der Waals surface area (Å²) in [6, 6.07) is 13.9. The first-order valence-electron chi connectivity index (χ1n) is 9.14. The van der Waals surface area contributed by atoms with Crippen molar-refractivity contribution in [1.29, 1.82) is 0 Å². The zero-order chi connectivity index (χ0) is 19.7. The quantitative estimate of drug-likeness (QED) is 0.730. The van der Waals surface area contributed by atoms with E-state index in [4.69, 9.17) is 0 Å². The van der Waals surface area contributed by atoms with E-state index in [1.807, 2.05) is 6.07 Å². The Morgan fingerprint density at radius 3 is 2.79 bits per heavy atom. The lowest BCUT2D eigenvalue weighted by Gasteiger charge is -2.32. The molecule has 28 heavy (non-hydrogen) atoms. The van der Waals surface area contributed by atoms with Crippen LogP contribution in [0.25, 0.3) is 11.0 Å². The van der Waals surface area contributed by atoms with Gasteiger partial charge in [-0.3, -0.25) is 9.59 Å². The topological polar surface area (TPSA) is 103 Å². The summed E-state index contributed by atoms with van der Waals surface area (Å²) in [5.74, 6) is -1.35. The predicted molar refractivity (Wildman–Crippen MR) is 104 cm³/mol. The van der Waals surface area contributed by atoms with E-state index in [0.29, 0.717) is 24.1 Å². The van der Waals surface area contributed by atoms with Crippen LogP contribution in [0.1, 0.15) is 45.2 Å². The van der Waals surface area contributed by atoms with Crippen LogP contribution >= 0.6 is 0 Å². The van der Waals surface area contributed by atoms with E-state index in [-0.39, 0.29) is 17.2 Å². The molecule has 2 heterocycles. The number of piperidine rings is 1. The molecular formula is C21H19N3O4. The average Bonchev–Trinajstić information content (AvgIpc) is 2.73. The summed E-state index contributed by atoms with van der Waals surface area (Å²) in [5.41, 5.74) is 1.66. The van der Waals surface area contributed by atoms with Gasteiger partial charge in [0.25, 0.3) is 11.5 Å². The van der Waals surface area contributed by atoms with Gasteiger partial charge in [-0.25, -0.2) is 9.78 Å². The van der Waals surface area contributed by atoms with Gasteiger partial charge in [0.1, 0.15) is 0 Å². The van der Waals surface area contributed by atoms with Gasteiger partial charge in [0, 0.05) is 19.0 Å². The molecule has 1 aromatic heterocycles. The Balaban J connectivity index is 1.60. The number of H-pyrrole nitrogens is 1. The second-order valence-corrected chi connectivity index (χ2v) is 6.95. The molecule has 2 aromatic carbocycles. The molecular weight excluding hydrogens is 358 g/mol. The van der Waals surface area contributed by atoms with Crippen molar-refractivity contribution in [3.63, 3.8) is 0 Å². The second-order valence-electron chi connectivity index (χ2n) is 6.95. The number of benzene rings is 2. The fraction of sp³-hybridized carbons (Fsp3) is 0.238.